The Kier molecular flexibility index (Phi) is 4.61. The van der Waals surface area contributed by atoms with Gasteiger partial charge in [0.15, 0.2) is 0 Å². The minimum atomic E-state index is -0.828. The molecule has 2 aromatic rings. The first-order valence-electron chi connectivity index (χ1n) is 7.69. The lowest BCUT2D eigenvalue weighted by molar-refractivity contribution is 0.0741. The lowest BCUT2D eigenvalue weighted by Crippen LogP contribution is -2.49. The number of thiazole rings is 1. The summed E-state index contributed by atoms with van der Waals surface area (Å²) in [6.45, 7) is 5.60. The molecule has 1 aliphatic rings. The Balaban J connectivity index is 1.73. The maximum absolute atomic E-state index is 13.8. The van der Waals surface area contributed by atoms with Crippen LogP contribution in [0.15, 0.2) is 15.7 Å². The van der Waals surface area contributed by atoms with Crippen LogP contribution in [0.3, 0.4) is 0 Å². The molecule has 1 N–H and O–H groups in total. The Morgan fingerprint density at radius 1 is 1.33 bits per heavy atom. The highest BCUT2D eigenvalue weighted by Crippen LogP contribution is 2.18. The zero-order valence-electron chi connectivity index (χ0n) is 13.5. The Labute approximate surface area is 142 Å². The molecule has 1 saturated heterocycles. The molecule has 7 nitrogen and oxygen atoms in total. The number of carbonyl (C=O) groups is 1. The average Bonchev–Trinajstić information content (AvgIpc) is 3.11. The van der Waals surface area contributed by atoms with Gasteiger partial charge in [-0.05, 0) is 5.92 Å². The molecule has 24 heavy (non-hydrogen) atoms. The summed E-state index contributed by atoms with van der Waals surface area (Å²) in [6.07, 6.45) is 0. The van der Waals surface area contributed by atoms with E-state index in [1.165, 1.54) is 11.3 Å². The minimum absolute atomic E-state index is 0.0978. The van der Waals surface area contributed by atoms with Crippen LogP contribution in [0.25, 0.3) is 0 Å². The molecule has 9 heteroatoms. The molecule has 0 aromatic carbocycles. The van der Waals surface area contributed by atoms with E-state index in [1.807, 2.05) is 4.90 Å². The number of aromatic amines is 1. The molecule has 0 aliphatic carbocycles. The summed E-state index contributed by atoms with van der Waals surface area (Å²) in [5, 5.41) is 1.72. The first-order valence-corrected chi connectivity index (χ1v) is 8.63. The fourth-order valence-corrected chi connectivity index (χ4v) is 3.12. The maximum Gasteiger partial charge on any atom is 0.288 e. The lowest BCUT2D eigenvalue weighted by atomic mass is 10.1. The topological polar surface area (TPSA) is 82.2 Å². The van der Waals surface area contributed by atoms with Crippen LogP contribution in [-0.2, 0) is 0 Å². The molecule has 1 amide bonds. The quantitative estimate of drug-likeness (QED) is 0.905. The van der Waals surface area contributed by atoms with Crippen LogP contribution in [0.2, 0.25) is 0 Å². The van der Waals surface area contributed by atoms with Crippen molar-refractivity contribution in [1.82, 2.24) is 19.9 Å². The highest BCUT2D eigenvalue weighted by atomic mass is 32.1. The first-order chi connectivity index (χ1) is 11.5. The number of nitrogens with one attached hydrogen (secondary N) is 1. The number of rotatable bonds is 3. The molecule has 0 bridgehead atoms. The van der Waals surface area contributed by atoms with Crippen molar-refractivity contribution < 1.29 is 9.18 Å². The summed E-state index contributed by atoms with van der Waals surface area (Å²) in [4.78, 5) is 38.4. The van der Waals surface area contributed by atoms with Crippen LogP contribution in [0, 0.1) is 5.82 Å². The molecular weight excluding hydrogens is 333 g/mol. The van der Waals surface area contributed by atoms with E-state index in [4.69, 9.17) is 0 Å². The monoisotopic (exact) mass is 351 g/mol. The third kappa shape index (κ3) is 3.16. The minimum Gasteiger partial charge on any atom is -0.339 e. The SMILES string of the molecule is CC(C)c1nc(N2CCN(C(=O)c3cscn3)CC2)[nH]c(=O)c1F. The van der Waals surface area contributed by atoms with Crippen molar-refractivity contribution in [3.8, 4) is 0 Å². The van der Waals surface area contributed by atoms with E-state index in [0.717, 1.165) is 0 Å². The van der Waals surface area contributed by atoms with Crippen molar-refractivity contribution >= 4 is 23.2 Å². The van der Waals surface area contributed by atoms with Crippen LogP contribution in [0.5, 0.6) is 0 Å². The van der Waals surface area contributed by atoms with Crippen LogP contribution in [-0.4, -0.2) is 51.9 Å². The van der Waals surface area contributed by atoms with Gasteiger partial charge in [-0.15, -0.1) is 11.3 Å². The molecule has 3 heterocycles. The van der Waals surface area contributed by atoms with Gasteiger partial charge in [0.1, 0.15) is 5.69 Å². The summed E-state index contributed by atoms with van der Waals surface area (Å²) in [5.74, 6) is -0.755. The predicted molar refractivity (Wildman–Crippen MR) is 89.1 cm³/mol. The zero-order chi connectivity index (χ0) is 17.3. The number of carbonyl (C=O) groups excluding carboxylic acids is 1. The van der Waals surface area contributed by atoms with Gasteiger partial charge in [0.25, 0.3) is 11.5 Å². The van der Waals surface area contributed by atoms with Gasteiger partial charge in [-0.25, -0.2) is 9.97 Å². The number of hydrogen-bond donors (Lipinski definition) is 1. The first kappa shape index (κ1) is 16.6. The number of halogens is 1. The number of aromatic nitrogens is 3. The molecule has 1 aliphatic heterocycles. The number of H-pyrrole nitrogens is 1. The molecule has 0 saturated carbocycles. The van der Waals surface area contributed by atoms with Gasteiger partial charge in [-0.2, -0.15) is 4.39 Å². The summed E-state index contributed by atoms with van der Waals surface area (Å²) >= 11 is 1.38. The van der Waals surface area contributed by atoms with Gasteiger partial charge in [0.2, 0.25) is 11.8 Å². The highest BCUT2D eigenvalue weighted by molar-refractivity contribution is 7.07. The van der Waals surface area contributed by atoms with E-state index in [1.54, 1.807) is 29.6 Å². The van der Waals surface area contributed by atoms with Gasteiger partial charge in [-0.1, -0.05) is 13.8 Å². The lowest BCUT2D eigenvalue weighted by Gasteiger charge is -2.34. The molecule has 0 atom stereocenters. The third-order valence-corrected chi connectivity index (χ3v) is 4.53. The number of hydrogen-bond acceptors (Lipinski definition) is 6. The molecule has 0 unspecified atom stereocenters. The Morgan fingerprint density at radius 3 is 2.62 bits per heavy atom. The summed E-state index contributed by atoms with van der Waals surface area (Å²) < 4.78 is 13.8. The van der Waals surface area contributed by atoms with Gasteiger partial charge in [0, 0.05) is 31.6 Å². The third-order valence-electron chi connectivity index (χ3n) is 3.94. The van der Waals surface area contributed by atoms with Crippen LogP contribution in [0.1, 0.15) is 35.9 Å². The smallest absolute Gasteiger partial charge is 0.288 e. The fourth-order valence-electron chi connectivity index (χ4n) is 2.60. The molecule has 1 fully saturated rings. The standard InChI is InChI=1S/C15H18FN5O2S/c1-9(2)12-11(16)13(22)19-15(18-12)21-5-3-20(4-6-21)14(23)10-7-24-8-17-10/h7-9H,3-6H2,1-2H3,(H,18,19,22). The van der Waals surface area contributed by atoms with Gasteiger partial charge in [0.05, 0.1) is 11.2 Å². The molecule has 0 spiro atoms. The number of nitrogens with zero attached hydrogens (tertiary/aromatic N) is 4. The van der Waals surface area contributed by atoms with E-state index in [0.29, 0.717) is 37.8 Å². The van der Waals surface area contributed by atoms with Crippen molar-refractivity contribution in [3.63, 3.8) is 0 Å². The Hall–Kier alpha value is -2.29. The summed E-state index contributed by atoms with van der Waals surface area (Å²) in [6, 6.07) is 0. The van der Waals surface area contributed by atoms with Crippen LogP contribution >= 0.6 is 11.3 Å². The second-order valence-electron chi connectivity index (χ2n) is 5.90. The second kappa shape index (κ2) is 6.68. The highest BCUT2D eigenvalue weighted by Gasteiger charge is 2.25. The number of anilines is 1. The van der Waals surface area contributed by atoms with E-state index < -0.39 is 11.4 Å². The van der Waals surface area contributed by atoms with E-state index in [9.17, 15) is 14.0 Å². The van der Waals surface area contributed by atoms with Crippen molar-refractivity contribution in [2.45, 2.75) is 19.8 Å². The Morgan fingerprint density at radius 2 is 2.04 bits per heavy atom. The second-order valence-corrected chi connectivity index (χ2v) is 6.62. The van der Waals surface area contributed by atoms with Crippen LogP contribution < -0.4 is 10.5 Å². The summed E-state index contributed by atoms with van der Waals surface area (Å²) in [5.41, 5.74) is 1.48. The zero-order valence-corrected chi connectivity index (χ0v) is 14.3. The van der Waals surface area contributed by atoms with Crippen molar-refractivity contribution in [3.05, 3.63) is 38.4 Å². The van der Waals surface area contributed by atoms with Crippen molar-refractivity contribution in [1.29, 1.82) is 0 Å². The average molecular weight is 351 g/mol. The van der Waals surface area contributed by atoms with Crippen molar-refractivity contribution in [2.24, 2.45) is 0 Å². The predicted octanol–water partition coefficient (Wildman–Crippen LogP) is 1.45. The van der Waals surface area contributed by atoms with Gasteiger partial charge >= 0.3 is 0 Å². The maximum atomic E-state index is 13.8. The van der Waals surface area contributed by atoms with Crippen molar-refractivity contribution in [2.75, 3.05) is 31.1 Å². The van der Waals surface area contributed by atoms with E-state index in [-0.39, 0.29) is 17.5 Å². The molecule has 128 valence electrons. The molecule has 3 rings (SSSR count). The van der Waals surface area contributed by atoms with Gasteiger partial charge < -0.3 is 9.80 Å². The number of piperazine rings is 1. The fraction of sp³-hybridized carbons (Fsp3) is 0.467. The normalized spacial score (nSPS) is 15.2. The molecule has 2 aromatic heterocycles. The molecular formula is C15H18FN5O2S. The van der Waals surface area contributed by atoms with E-state index in [2.05, 4.69) is 15.0 Å². The number of amides is 1. The largest absolute Gasteiger partial charge is 0.339 e. The van der Waals surface area contributed by atoms with Crippen LogP contribution in [0.4, 0.5) is 10.3 Å². The Bertz CT molecular complexity index is 782. The van der Waals surface area contributed by atoms with E-state index >= 15 is 0 Å². The van der Waals surface area contributed by atoms with Gasteiger partial charge in [-0.3, -0.25) is 14.6 Å². The molecule has 0 radical (unpaired) electrons. The summed E-state index contributed by atoms with van der Waals surface area (Å²) in [7, 11) is 0.